The first-order chi connectivity index (χ1) is 15.2. The van der Waals surface area contributed by atoms with Gasteiger partial charge in [-0.25, -0.2) is 18.6 Å². The van der Waals surface area contributed by atoms with E-state index in [-0.39, 0.29) is 11.1 Å². The molecule has 1 amide bonds. The number of anilines is 1. The highest BCUT2D eigenvalue weighted by molar-refractivity contribution is 7.13. The maximum absolute atomic E-state index is 14.2. The summed E-state index contributed by atoms with van der Waals surface area (Å²) in [5.41, 5.74) is -4.96. The fourth-order valence-corrected chi connectivity index (χ4v) is 3.47. The molecule has 1 aromatic heterocycles. The monoisotopic (exact) mass is 516 g/mol. The number of hydrogen-bond donors (Lipinski definition) is 0. The maximum atomic E-state index is 14.2. The summed E-state index contributed by atoms with van der Waals surface area (Å²) < 4.78 is 113. The third kappa shape index (κ3) is 5.03. The Morgan fingerprint density at radius 3 is 2.30 bits per heavy atom. The van der Waals surface area contributed by atoms with E-state index in [4.69, 9.17) is 16.3 Å². The van der Waals surface area contributed by atoms with E-state index in [1.807, 2.05) is 0 Å². The molecule has 3 aromatic rings. The average molecular weight is 517 g/mol. The number of halogens is 9. The topological polar surface area (TPSA) is 42.4 Å². The predicted molar refractivity (Wildman–Crippen MR) is 103 cm³/mol. The molecule has 33 heavy (non-hydrogen) atoms. The first-order valence-corrected chi connectivity index (χ1v) is 9.79. The molecule has 0 aliphatic carbocycles. The van der Waals surface area contributed by atoms with Gasteiger partial charge >= 0.3 is 18.4 Å². The smallest absolute Gasteiger partial charge is 0.409 e. The van der Waals surface area contributed by atoms with Gasteiger partial charge in [-0.1, -0.05) is 11.6 Å². The summed E-state index contributed by atoms with van der Waals surface area (Å²) in [6.07, 6.45) is -11.0. The number of alkyl halides is 6. The molecule has 0 saturated carbocycles. The van der Waals surface area contributed by atoms with Gasteiger partial charge in [0.25, 0.3) is 0 Å². The van der Waals surface area contributed by atoms with E-state index in [9.17, 15) is 39.9 Å². The molecule has 2 aromatic carbocycles. The Balaban J connectivity index is 2.15. The Morgan fingerprint density at radius 1 is 1.09 bits per heavy atom. The number of carbonyl (C=O) groups excluding carboxylic acids is 1. The summed E-state index contributed by atoms with van der Waals surface area (Å²) in [5.74, 6) is -3.83. The van der Waals surface area contributed by atoms with E-state index in [1.165, 1.54) is 5.38 Å². The van der Waals surface area contributed by atoms with Crippen LogP contribution in [0, 0.1) is 11.6 Å². The van der Waals surface area contributed by atoms with Crippen LogP contribution in [0.1, 0.15) is 11.1 Å². The van der Waals surface area contributed by atoms with Crippen molar-refractivity contribution in [3.05, 3.63) is 63.6 Å². The van der Waals surface area contributed by atoms with Crippen LogP contribution in [0.3, 0.4) is 0 Å². The number of rotatable bonds is 3. The quantitative estimate of drug-likeness (QED) is 0.269. The molecule has 0 bridgehead atoms. The molecule has 0 radical (unpaired) electrons. The molecule has 14 heteroatoms. The van der Waals surface area contributed by atoms with Gasteiger partial charge in [-0.15, -0.1) is 11.3 Å². The van der Waals surface area contributed by atoms with Crippen molar-refractivity contribution in [3.63, 3.8) is 0 Å². The zero-order valence-electron chi connectivity index (χ0n) is 16.0. The van der Waals surface area contributed by atoms with Crippen molar-refractivity contribution in [3.8, 4) is 16.3 Å². The molecular formula is C19H9ClF8N2O2S. The Kier molecular flexibility index (Phi) is 6.58. The Bertz CT molecular complexity index is 1200. The molecule has 0 unspecified atom stereocenters. The Morgan fingerprint density at radius 2 is 1.76 bits per heavy atom. The van der Waals surface area contributed by atoms with Crippen molar-refractivity contribution >= 4 is 34.7 Å². The van der Waals surface area contributed by atoms with E-state index in [2.05, 4.69) is 4.98 Å². The summed E-state index contributed by atoms with van der Waals surface area (Å²) in [5, 5.41) is 0.00502. The minimum atomic E-state index is -5.37. The largest absolute Gasteiger partial charge is 0.420 e. The number of hydrogen-bond acceptors (Lipinski definition) is 4. The molecule has 0 spiro atoms. The van der Waals surface area contributed by atoms with Crippen LogP contribution in [0.2, 0.25) is 5.02 Å². The van der Waals surface area contributed by atoms with E-state index < -0.39 is 63.2 Å². The lowest BCUT2D eigenvalue weighted by Gasteiger charge is -2.22. The van der Waals surface area contributed by atoms with Gasteiger partial charge in [-0.2, -0.15) is 26.3 Å². The molecule has 0 saturated heterocycles. The van der Waals surface area contributed by atoms with Crippen LogP contribution >= 0.6 is 22.9 Å². The maximum Gasteiger partial charge on any atom is 0.420 e. The second-order valence-electron chi connectivity index (χ2n) is 6.35. The number of carbonyl (C=O) groups is 1. The molecule has 0 fully saturated rings. The first kappa shape index (κ1) is 24.7. The molecule has 176 valence electrons. The predicted octanol–water partition coefficient (Wildman–Crippen LogP) is 7.41. The van der Waals surface area contributed by atoms with Gasteiger partial charge in [0.1, 0.15) is 15.8 Å². The van der Waals surface area contributed by atoms with Crippen LogP contribution in [0.4, 0.5) is 45.6 Å². The van der Waals surface area contributed by atoms with Crippen molar-refractivity contribution in [2.24, 2.45) is 0 Å². The lowest BCUT2D eigenvalue weighted by atomic mass is 10.0. The van der Waals surface area contributed by atoms with E-state index in [0.29, 0.717) is 28.4 Å². The Hall–Kier alpha value is -2.93. The second-order valence-corrected chi connectivity index (χ2v) is 7.63. The van der Waals surface area contributed by atoms with Crippen molar-refractivity contribution in [1.29, 1.82) is 0 Å². The minimum absolute atomic E-state index is 0.213. The lowest BCUT2D eigenvalue weighted by molar-refractivity contribution is -0.143. The van der Waals surface area contributed by atoms with Crippen LogP contribution in [0.15, 0.2) is 35.8 Å². The fourth-order valence-electron chi connectivity index (χ4n) is 2.66. The van der Waals surface area contributed by atoms with Crippen LogP contribution in [0.5, 0.6) is 5.75 Å². The molecule has 0 aliphatic heterocycles. The highest BCUT2D eigenvalue weighted by Gasteiger charge is 2.42. The average Bonchev–Trinajstić information content (AvgIpc) is 3.24. The number of nitrogens with zero attached hydrogens (tertiary/aromatic N) is 2. The van der Waals surface area contributed by atoms with Gasteiger partial charge in [0.15, 0.2) is 11.6 Å². The molecule has 4 nitrogen and oxygen atoms in total. The third-order valence-corrected chi connectivity index (χ3v) is 5.38. The molecule has 0 N–H and O–H groups in total. The van der Waals surface area contributed by atoms with Crippen LogP contribution in [-0.2, 0) is 12.4 Å². The number of aromatic nitrogens is 1. The van der Waals surface area contributed by atoms with Gasteiger partial charge in [0.05, 0.1) is 22.4 Å². The van der Waals surface area contributed by atoms with Gasteiger partial charge in [0, 0.05) is 18.6 Å². The van der Waals surface area contributed by atoms with Gasteiger partial charge < -0.3 is 4.74 Å². The van der Waals surface area contributed by atoms with Crippen molar-refractivity contribution < 1.29 is 44.7 Å². The van der Waals surface area contributed by atoms with Crippen LogP contribution in [-0.4, -0.2) is 18.1 Å². The van der Waals surface area contributed by atoms with Crippen LogP contribution < -0.4 is 9.64 Å². The van der Waals surface area contributed by atoms with E-state index in [0.717, 1.165) is 19.3 Å². The summed E-state index contributed by atoms with van der Waals surface area (Å²) in [4.78, 5) is 16.6. The normalized spacial score (nSPS) is 12.1. The van der Waals surface area contributed by atoms with E-state index >= 15 is 0 Å². The molecule has 0 atom stereocenters. The van der Waals surface area contributed by atoms with Crippen molar-refractivity contribution in [2.45, 2.75) is 12.4 Å². The molecule has 1 heterocycles. The summed E-state index contributed by atoms with van der Waals surface area (Å²) in [7, 11) is 0.884. The third-order valence-electron chi connectivity index (χ3n) is 4.22. The highest BCUT2D eigenvalue weighted by atomic mass is 35.5. The SMILES string of the molecule is CN(C(=O)Oc1c(-c2nccs2)cc(C(F)(F)F)cc1C(F)(F)F)c1ccc(F)c(Cl)c1F. The minimum Gasteiger partial charge on any atom is -0.409 e. The first-order valence-electron chi connectivity index (χ1n) is 8.53. The number of ether oxygens (including phenoxy) is 1. The molecular weight excluding hydrogens is 508 g/mol. The number of thiazole rings is 1. The lowest BCUT2D eigenvalue weighted by Crippen LogP contribution is -2.31. The van der Waals surface area contributed by atoms with E-state index in [1.54, 1.807) is 0 Å². The number of benzene rings is 2. The van der Waals surface area contributed by atoms with Crippen LogP contribution in [0.25, 0.3) is 10.6 Å². The second kappa shape index (κ2) is 8.78. The van der Waals surface area contributed by atoms with Gasteiger partial charge in [0.2, 0.25) is 0 Å². The zero-order valence-corrected chi connectivity index (χ0v) is 17.6. The summed E-state index contributed by atoms with van der Waals surface area (Å²) in [6, 6.07) is 1.61. The summed E-state index contributed by atoms with van der Waals surface area (Å²) in [6.45, 7) is 0. The zero-order chi connectivity index (χ0) is 24.7. The van der Waals surface area contributed by atoms with Crippen molar-refractivity contribution in [1.82, 2.24) is 4.98 Å². The number of amides is 1. The Labute approximate surface area is 189 Å². The highest BCUT2D eigenvalue weighted by Crippen LogP contribution is 2.46. The fraction of sp³-hybridized carbons (Fsp3) is 0.158. The van der Waals surface area contributed by atoms with Gasteiger partial charge in [-0.05, 0) is 24.3 Å². The van der Waals surface area contributed by atoms with Crippen molar-refractivity contribution in [2.75, 3.05) is 11.9 Å². The molecule has 0 aliphatic rings. The summed E-state index contributed by atoms with van der Waals surface area (Å²) >= 11 is 6.14. The standard InChI is InChI=1S/C19H9ClF8N2O2S/c1-30(12-3-2-11(21)13(20)14(12)22)17(31)32-15-9(16-29-4-5-33-16)6-8(18(23,24)25)7-10(15)19(26,27)28/h2-7H,1H3. The molecule has 3 rings (SSSR count). The van der Waals surface area contributed by atoms with Gasteiger partial charge in [-0.3, -0.25) is 4.90 Å².